The molecule has 1 saturated carbocycles. The number of hydrogen-bond acceptors (Lipinski definition) is 6. The summed E-state index contributed by atoms with van der Waals surface area (Å²) in [5.74, 6) is -0.332. The van der Waals surface area contributed by atoms with Gasteiger partial charge in [0.2, 0.25) is 0 Å². The van der Waals surface area contributed by atoms with Crippen LogP contribution in [0, 0.1) is 25.5 Å². The molecule has 2 aliphatic rings. The van der Waals surface area contributed by atoms with Crippen LogP contribution < -0.4 is 4.90 Å². The van der Waals surface area contributed by atoms with Crippen LogP contribution in [0.2, 0.25) is 0 Å². The zero-order chi connectivity index (χ0) is 26.6. The predicted molar refractivity (Wildman–Crippen MR) is 139 cm³/mol. The Labute approximate surface area is 219 Å². The van der Waals surface area contributed by atoms with Crippen LogP contribution in [0.3, 0.4) is 0 Å². The fourth-order valence-electron chi connectivity index (χ4n) is 6.29. The average molecular weight is 521 g/mol. The molecule has 3 atom stereocenters. The first kappa shape index (κ1) is 24.6. The highest BCUT2D eigenvalue weighted by Gasteiger charge is 2.36. The van der Waals surface area contributed by atoms with Gasteiger partial charge in [-0.2, -0.15) is 0 Å². The Morgan fingerprint density at radius 2 is 1.92 bits per heavy atom. The van der Waals surface area contributed by atoms with Crippen molar-refractivity contribution in [3.05, 3.63) is 65.3 Å². The first-order valence-electron chi connectivity index (χ1n) is 13.1. The lowest BCUT2D eigenvalue weighted by molar-refractivity contribution is -0.146. The lowest BCUT2D eigenvalue weighted by Gasteiger charge is -2.28. The molecule has 1 saturated heterocycles. The van der Waals surface area contributed by atoms with Gasteiger partial charge in [0.15, 0.2) is 11.6 Å². The summed E-state index contributed by atoms with van der Waals surface area (Å²) in [4.78, 5) is 18.9. The minimum absolute atomic E-state index is 0.0949. The molecular weight excluding hydrogens is 490 g/mol. The zero-order valence-electron chi connectivity index (χ0n) is 21.7. The summed E-state index contributed by atoms with van der Waals surface area (Å²) < 4.78 is 41.1. The van der Waals surface area contributed by atoms with E-state index in [0.717, 1.165) is 71.7 Å². The Morgan fingerprint density at radius 1 is 1.08 bits per heavy atom. The molecule has 2 aromatic carbocycles. The third-order valence-corrected chi connectivity index (χ3v) is 7.88. The van der Waals surface area contributed by atoms with Gasteiger partial charge < -0.3 is 18.7 Å². The second-order valence-electron chi connectivity index (χ2n) is 10.4. The number of carbonyl (C=O) groups is 1. The van der Waals surface area contributed by atoms with E-state index >= 15 is 0 Å². The molecule has 6 rings (SSSR count). The minimum Gasteiger partial charge on any atom is -0.462 e. The zero-order valence-corrected chi connectivity index (χ0v) is 21.7. The Kier molecular flexibility index (Phi) is 6.16. The van der Waals surface area contributed by atoms with Crippen LogP contribution in [0.1, 0.15) is 68.4 Å². The van der Waals surface area contributed by atoms with Crippen LogP contribution in [0.4, 0.5) is 14.5 Å². The van der Waals surface area contributed by atoms with Crippen LogP contribution in [0.25, 0.3) is 22.2 Å². The number of carbonyl (C=O) groups excluding carboxylic acids is 1. The van der Waals surface area contributed by atoms with E-state index in [-0.39, 0.29) is 24.2 Å². The summed E-state index contributed by atoms with van der Waals surface area (Å²) >= 11 is 0. The lowest BCUT2D eigenvalue weighted by atomic mass is 10.0. The molecule has 0 spiro atoms. The molecule has 0 unspecified atom stereocenters. The van der Waals surface area contributed by atoms with Crippen molar-refractivity contribution in [1.82, 2.24) is 14.7 Å². The van der Waals surface area contributed by atoms with E-state index in [1.165, 1.54) is 19.1 Å². The van der Waals surface area contributed by atoms with E-state index in [0.29, 0.717) is 12.1 Å². The van der Waals surface area contributed by atoms with Gasteiger partial charge in [0, 0.05) is 43.2 Å². The molecule has 0 amide bonds. The number of rotatable bonds is 5. The van der Waals surface area contributed by atoms with Crippen molar-refractivity contribution in [2.45, 2.75) is 71.1 Å². The molecule has 2 aromatic heterocycles. The number of ether oxygens (including phenoxy) is 1. The third kappa shape index (κ3) is 4.23. The molecule has 38 heavy (non-hydrogen) atoms. The van der Waals surface area contributed by atoms with Gasteiger partial charge in [0.25, 0.3) is 0 Å². The highest BCUT2D eigenvalue weighted by molar-refractivity contribution is 5.84. The number of aryl methyl sites for hydroxylation is 2. The molecule has 9 heteroatoms. The maximum atomic E-state index is 14.2. The summed E-state index contributed by atoms with van der Waals surface area (Å²) in [5.41, 5.74) is 5.26. The molecule has 0 N–H and O–H groups in total. The summed E-state index contributed by atoms with van der Waals surface area (Å²) in [7, 11) is 0. The second-order valence-corrected chi connectivity index (χ2v) is 10.4. The van der Waals surface area contributed by atoms with Gasteiger partial charge in [-0.3, -0.25) is 4.79 Å². The van der Waals surface area contributed by atoms with Crippen molar-refractivity contribution in [2.75, 3.05) is 11.4 Å². The van der Waals surface area contributed by atoms with Crippen molar-refractivity contribution in [3.8, 4) is 11.1 Å². The van der Waals surface area contributed by atoms with E-state index in [1.54, 1.807) is 6.07 Å². The Morgan fingerprint density at radius 3 is 2.66 bits per heavy atom. The molecule has 0 radical (unpaired) electrons. The number of imidazole rings is 1. The summed E-state index contributed by atoms with van der Waals surface area (Å²) in [6, 6.07) is 10.3. The molecule has 198 valence electrons. The van der Waals surface area contributed by atoms with Gasteiger partial charge in [0.1, 0.15) is 17.7 Å². The number of esters is 1. The summed E-state index contributed by atoms with van der Waals surface area (Å²) in [6.45, 7) is 5.99. The van der Waals surface area contributed by atoms with Crippen molar-refractivity contribution >= 4 is 22.7 Å². The third-order valence-electron chi connectivity index (χ3n) is 7.88. The molecular formula is C29H30F2N4O3. The predicted octanol–water partition coefficient (Wildman–Crippen LogP) is 6.58. The number of fused-ring (bicyclic) bond motifs is 1. The molecule has 1 aliphatic carbocycles. The first-order chi connectivity index (χ1) is 18.3. The monoisotopic (exact) mass is 520 g/mol. The highest BCUT2D eigenvalue weighted by Crippen LogP contribution is 2.43. The lowest BCUT2D eigenvalue weighted by Crippen LogP contribution is -2.26. The Bertz CT molecular complexity index is 1510. The van der Waals surface area contributed by atoms with Crippen molar-refractivity contribution in [2.24, 2.45) is 0 Å². The van der Waals surface area contributed by atoms with Gasteiger partial charge in [-0.15, -0.1) is 0 Å². The van der Waals surface area contributed by atoms with E-state index in [4.69, 9.17) is 14.2 Å². The van der Waals surface area contributed by atoms with Crippen LogP contribution in [0.5, 0.6) is 0 Å². The Balaban J connectivity index is 1.46. The van der Waals surface area contributed by atoms with Crippen LogP contribution in [-0.4, -0.2) is 33.3 Å². The van der Waals surface area contributed by atoms with Gasteiger partial charge >= 0.3 is 5.97 Å². The number of halogens is 2. The van der Waals surface area contributed by atoms with E-state index in [2.05, 4.69) is 32.8 Å². The second kappa shape index (κ2) is 9.53. The van der Waals surface area contributed by atoms with Crippen LogP contribution in [-0.2, 0) is 9.53 Å². The fourth-order valence-corrected chi connectivity index (χ4v) is 6.29. The number of hydrogen-bond donors (Lipinski definition) is 0. The standard InChI is InChI=1S/C29H30F2N4O3/c1-16-28(17(2)38-33-16)19-6-11-26-25(13-19)32-29(35(26)21-7-9-22(14-21)37-18(3)36)27-5-4-12-34(27)20-8-10-23(30)24(31)15-20/h6,8,10-11,13,15,21-22,27H,4-5,7,9,12,14H2,1-3H3/t21-,22-,27+/m1/s1. The molecule has 1 aliphatic heterocycles. The average Bonchev–Trinajstić information content (AvgIpc) is 3.66. The number of benzene rings is 2. The Hall–Kier alpha value is -3.75. The van der Waals surface area contributed by atoms with Crippen molar-refractivity contribution < 1.29 is 22.8 Å². The first-order valence-corrected chi connectivity index (χ1v) is 13.1. The summed E-state index contributed by atoms with van der Waals surface area (Å²) in [5, 5.41) is 4.10. The normalized spacial score (nSPS) is 21.5. The molecule has 7 nitrogen and oxygen atoms in total. The minimum atomic E-state index is -0.856. The van der Waals surface area contributed by atoms with Crippen LogP contribution >= 0.6 is 0 Å². The smallest absolute Gasteiger partial charge is 0.302 e. The number of nitrogens with zero attached hydrogens (tertiary/aromatic N) is 4. The SMILES string of the molecule is CC(=O)O[C@@H]1CC[C@@H](n2c([C@@H]3CCCN3c3ccc(F)c(F)c3)nc3cc(-c4c(C)noc4C)ccc32)C1. The van der Waals surface area contributed by atoms with E-state index < -0.39 is 11.6 Å². The summed E-state index contributed by atoms with van der Waals surface area (Å²) in [6.07, 6.45) is 3.99. The maximum Gasteiger partial charge on any atom is 0.302 e. The molecule has 3 heterocycles. The van der Waals surface area contributed by atoms with Crippen molar-refractivity contribution in [3.63, 3.8) is 0 Å². The number of aromatic nitrogens is 3. The van der Waals surface area contributed by atoms with E-state index in [9.17, 15) is 13.6 Å². The quantitative estimate of drug-likeness (QED) is 0.277. The molecule has 0 bridgehead atoms. The topological polar surface area (TPSA) is 73.4 Å². The van der Waals surface area contributed by atoms with E-state index in [1.807, 2.05) is 13.8 Å². The largest absolute Gasteiger partial charge is 0.462 e. The molecule has 2 fully saturated rings. The number of anilines is 1. The molecule has 4 aromatic rings. The van der Waals surface area contributed by atoms with Gasteiger partial charge in [-0.05, 0) is 69.4 Å². The van der Waals surface area contributed by atoms with Gasteiger partial charge in [-0.25, -0.2) is 13.8 Å². The van der Waals surface area contributed by atoms with Crippen molar-refractivity contribution in [1.29, 1.82) is 0 Å². The fraction of sp³-hybridized carbons (Fsp3) is 0.414. The van der Waals surface area contributed by atoms with Crippen LogP contribution in [0.15, 0.2) is 40.9 Å². The van der Waals surface area contributed by atoms with Gasteiger partial charge in [0.05, 0.1) is 22.8 Å². The highest BCUT2D eigenvalue weighted by atomic mass is 19.2. The maximum absolute atomic E-state index is 14.2. The van der Waals surface area contributed by atoms with Gasteiger partial charge in [-0.1, -0.05) is 11.2 Å².